The van der Waals surface area contributed by atoms with Gasteiger partial charge in [0.25, 0.3) is 0 Å². The van der Waals surface area contributed by atoms with Gasteiger partial charge >= 0.3 is 0 Å². The second-order valence-corrected chi connectivity index (χ2v) is 4.61. The number of hydrogen-bond donors (Lipinski definition) is 1. The molecule has 1 unspecified atom stereocenters. The fourth-order valence-corrected chi connectivity index (χ4v) is 2.26. The highest BCUT2D eigenvalue weighted by Gasteiger charge is 2.23. The predicted octanol–water partition coefficient (Wildman–Crippen LogP) is 1.14. The van der Waals surface area contributed by atoms with Crippen molar-refractivity contribution in [3.05, 3.63) is 41.7 Å². The third kappa shape index (κ3) is 2.58. The number of nitrogens with zero attached hydrogens (tertiary/aromatic N) is 3. The zero-order chi connectivity index (χ0) is 13.2. The van der Waals surface area contributed by atoms with E-state index in [-0.39, 0.29) is 11.9 Å². The van der Waals surface area contributed by atoms with Crippen LogP contribution in [0, 0.1) is 5.82 Å². The fraction of sp³-hybridized carbons (Fsp3) is 0.385. The Labute approximate surface area is 110 Å². The van der Waals surface area contributed by atoms with E-state index in [1.54, 1.807) is 17.1 Å². The lowest BCUT2D eigenvalue weighted by molar-refractivity contribution is 0.203. The molecule has 1 aromatic carbocycles. The smallest absolute Gasteiger partial charge is 0.164 e. The first-order valence-electron chi connectivity index (χ1n) is 6.22. The van der Waals surface area contributed by atoms with Crippen LogP contribution in [0.15, 0.2) is 24.5 Å². The van der Waals surface area contributed by atoms with Gasteiger partial charge in [0, 0.05) is 12.0 Å². The van der Waals surface area contributed by atoms with E-state index in [1.165, 1.54) is 12.1 Å². The summed E-state index contributed by atoms with van der Waals surface area (Å²) in [6.07, 6.45) is 2.38. The Morgan fingerprint density at radius 3 is 3.26 bits per heavy atom. The van der Waals surface area contributed by atoms with Crippen LogP contribution in [0.1, 0.15) is 11.4 Å². The summed E-state index contributed by atoms with van der Waals surface area (Å²) in [6, 6.07) is 4.63. The number of hydrogen-bond acceptors (Lipinski definition) is 4. The molecule has 19 heavy (non-hydrogen) atoms. The van der Waals surface area contributed by atoms with E-state index in [2.05, 4.69) is 15.4 Å². The van der Waals surface area contributed by atoms with Crippen molar-refractivity contribution in [1.82, 2.24) is 20.1 Å². The highest BCUT2D eigenvalue weighted by atomic mass is 19.1. The maximum atomic E-state index is 13.1. The Bertz CT molecular complexity index is 584. The highest BCUT2D eigenvalue weighted by Crippen LogP contribution is 2.29. The van der Waals surface area contributed by atoms with Crippen LogP contribution in [-0.2, 0) is 19.5 Å². The predicted molar refractivity (Wildman–Crippen MR) is 67.3 cm³/mol. The van der Waals surface area contributed by atoms with Crippen molar-refractivity contribution in [2.24, 2.45) is 0 Å². The van der Waals surface area contributed by atoms with Gasteiger partial charge in [0.15, 0.2) is 5.82 Å². The third-order valence-electron chi connectivity index (χ3n) is 3.07. The van der Waals surface area contributed by atoms with Crippen molar-refractivity contribution >= 4 is 0 Å². The van der Waals surface area contributed by atoms with E-state index in [1.807, 2.05) is 7.05 Å². The molecule has 0 saturated carbocycles. The number of fused-ring (bicyclic) bond motifs is 1. The molecular weight excluding hydrogens is 247 g/mol. The number of halogens is 1. The van der Waals surface area contributed by atoms with Gasteiger partial charge < -0.3 is 10.1 Å². The third-order valence-corrected chi connectivity index (χ3v) is 3.07. The van der Waals surface area contributed by atoms with Crippen molar-refractivity contribution < 1.29 is 9.13 Å². The molecule has 5 nitrogen and oxygen atoms in total. The normalized spacial score (nSPS) is 17.3. The molecule has 0 bridgehead atoms. The first-order valence-corrected chi connectivity index (χ1v) is 6.22. The van der Waals surface area contributed by atoms with E-state index in [4.69, 9.17) is 4.74 Å². The minimum atomic E-state index is -0.222. The minimum Gasteiger partial charge on any atom is -0.488 e. The summed E-state index contributed by atoms with van der Waals surface area (Å²) in [5, 5.41) is 7.33. The van der Waals surface area contributed by atoms with Crippen LogP contribution >= 0.6 is 0 Å². The van der Waals surface area contributed by atoms with E-state index >= 15 is 0 Å². The van der Waals surface area contributed by atoms with Gasteiger partial charge in [-0.25, -0.2) is 14.1 Å². The van der Waals surface area contributed by atoms with Crippen molar-refractivity contribution in [1.29, 1.82) is 0 Å². The Balaban J connectivity index is 1.66. The van der Waals surface area contributed by atoms with Crippen molar-refractivity contribution in [2.75, 3.05) is 7.05 Å². The zero-order valence-electron chi connectivity index (χ0n) is 10.6. The Kier molecular flexibility index (Phi) is 3.16. The molecule has 1 aliphatic rings. The summed E-state index contributed by atoms with van der Waals surface area (Å²) in [4.78, 5) is 4.19. The lowest BCUT2D eigenvalue weighted by atomic mass is 10.1. The largest absolute Gasteiger partial charge is 0.488 e. The van der Waals surface area contributed by atoms with Gasteiger partial charge in [-0.15, -0.1) is 0 Å². The van der Waals surface area contributed by atoms with Gasteiger partial charge in [-0.2, -0.15) is 5.10 Å². The molecule has 2 aromatic rings. The SMILES string of the molecule is CNCc1ncn(CC2Cc3cc(F)ccc3O2)n1. The molecule has 3 rings (SSSR count). The maximum absolute atomic E-state index is 13.1. The molecular formula is C13H15FN4O. The monoisotopic (exact) mass is 262 g/mol. The molecule has 0 spiro atoms. The summed E-state index contributed by atoms with van der Waals surface area (Å²) in [7, 11) is 1.85. The van der Waals surface area contributed by atoms with Gasteiger partial charge in [0.1, 0.15) is 24.0 Å². The van der Waals surface area contributed by atoms with Crippen LogP contribution in [0.4, 0.5) is 4.39 Å². The van der Waals surface area contributed by atoms with E-state index < -0.39 is 0 Å². The Morgan fingerprint density at radius 1 is 1.53 bits per heavy atom. The van der Waals surface area contributed by atoms with Gasteiger partial charge in [-0.05, 0) is 25.2 Å². The zero-order valence-corrected chi connectivity index (χ0v) is 10.6. The van der Waals surface area contributed by atoms with Gasteiger partial charge in [-0.3, -0.25) is 0 Å². The average Bonchev–Trinajstić information content (AvgIpc) is 2.96. The topological polar surface area (TPSA) is 52.0 Å². The highest BCUT2D eigenvalue weighted by molar-refractivity contribution is 5.37. The van der Waals surface area contributed by atoms with Crippen molar-refractivity contribution in [2.45, 2.75) is 25.6 Å². The van der Waals surface area contributed by atoms with Crippen LogP contribution < -0.4 is 10.1 Å². The van der Waals surface area contributed by atoms with Gasteiger partial charge in [0.05, 0.1) is 13.1 Å². The standard InChI is InChI=1S/C13H15FN4O/c1-15-6-13-16-8-18(17-13)7-11-5-9-4-10(14)2-3-12(9)19-11/h2-4,8,11,15H,5-7H2,1H3. The molecule has 1 aliphatic heterocycles. The lowest BCUT2D eigenvalue weighted by Crippen LogP contribution is -2.21. The second-order valence-electron chi connectivity index (χ2n) is 4.61. The summed E-state index contributed by atoms with van der Waals surface area (Å²) >= 11 is 0. The molecule has 0 amide bonds. The van der Waals surface area contributed by atoms with E-state index in [0.29, 0.717) is 19.5 Å². The second kappa shape index (κ2) is 4.97. The molecule has 0 radical (unpaired) electrons. The first kappa shape index (κ1) is 12.1. The molecule has 1 atom stereocenters. The number of benzene rings is 1. The fourth-order valence-electron chi connectivity index (χ4n) is 2.26. The van der Waals surface area contributed by atoms with Crippen LogP contribution in [0.5, 0.6) is 5.75 Å². The maximum Gasteiger partial charge on any atom is 0.164 e. The summed E-state index contributed by atoms with van der Waals surface area (Å²) in [5.74, 6) is 1.30. The molecule has 1 aromatic heterocycles. The molecule has 0 saturated heterocycles. The molecule has 100 valence electrons. The lowest BCUT2D eigenvalue weighted by Gasteiger charge is -2.09. The van der Waals surface area contributed by atoms with Crippen LogP contribution in [0.2, 0.25) is 0 Å². The Hall–Kier alpha value is -1.95. The van der Waals surface area contributed by atoms with E-state index in [9.17, 15) is 4.39 Å². The van der Waals surface area contributed by atoms with Crippen LogP contribution in [0.3, 0.4) is 0 Å². The van der Waals surface area contributed by atoms with Gasteiger partial charge in [0.2, 0.25) is 0 Å². The average molecular weight is 262 g/mol. The van der Waals surface area contributed by atoms with Crippen LogP contribution in [-0.4, -0.2) is 27.9 Å². The molecule has 1 N–H and O–H groups in total. The molecule has 6 heteroatoms. The quantitative estimate of drug-likeness (QED) is 0.897. The number of aromatic nitrogens is 3. The van der Waals surface area contributed by atoms with Gasteiger partial charge in [-0.1, -0.05) is 0 Å². The summed E-state index contributed by atoms with van der Waals surface area (Å²) in [5.41, 5.74) is 0.917. The molecule has 2 heterocycles. The number of rotatable bonds is 4. The Morgan fingerprint density at radius 2 is 2.42 bits per heavy atom. The van der Waals surface area contributed by atoms with Crippen molar-refractivity contribution in [3.8, 4) is 5.75 Å². The van der Waals surface area contributed by atoms with E-state index in [0.717, 1.165) is 17.1 Å². The van der Waals surface area contributed by atoms with Crippen LogP contribution in [0.25, 0.3) is 0 Å². The summed E-state index contributed by atoms with van der Waals surface area (Å²) in [6.45, 7) is 1.26. The van der Waals surface area contributed by atoms with Crippen molar-refractivity contribution in [3.63, 3.8) is 0 Å². The summed E-state index contributed by atoms with van der Waals surface area (Å²) < 4.78 is 20.6. The molecule has 0 fully saturated rings. The number of ether oxygens (including phenoxy) is 1. The molecule has 0 aliphatic carbocycles. The minimum absolute atomic E-state index is 0.0130. The number of nitrogens with one attached hydrogen (secondary N) is 1. The first-order chi connectivity index (χ1) is 9.24.